The Morgan fingerprint density at radius 1 is 1.50 bits per heavy atom. The first kappa shape index (κ1) is 8.89. The molecule has 0 amide bonds. The van der Waals surface area contributed by atoms with Gasteiger partial charge in [-0.25, -0.2) is 4.98 Å². The molecule has 2 aromatic heterocycles. The molecular formula is C8H11N5O. The second kappa shape index (κ2) is 4.01. The minimum Gasteiger partial charge on any atom is -0.343 e. The van der Waals surface area contributed by atoms with Crippen molar-refractivity contribution < 1.29 is 4.52 Å². The fourth-order valence-corrected chi connectivity index (χ4v) is 1.24. The van der Waals surface area contributed by atoms with E-state index in [1.807, 2.05) is 4.57 Å². The molecule has 0 atom stereocenters. The summed E-state index contributed by atoms with van der Waals surface area (Å²) in [5.41, 5.74) is 6.54. The van der Waals surface area contributed by atoms with E-state index in [4.69, 9.17) is 5.73 Å². The maximum Gasteiger partial charge on any atom is 0.213 e. The Labute approximate surface area is 80.7 Å². The maximum absolute atomic E-state index is 5.53. The third kappa shape index (κ3) is 1.80. The van der Waals surface area contributed by atoms with Crippen LogP contribution in [0.1, 0.15) is 11.5 Å². The van der Waals surface area contributed by atoms with E-state index in [0.29, 0.717) is 12.4 Å². The van der Waals surface area contributed by atoms with Crippen molar-refractivity contribution in [2.45, 2.75) is 19.5 Å². The van der Waals surface area contributed by atoms with Crippen molar-refractivity contribution in [2.75, 3.05) is 0 Å². The summed E-state index contributed by atoms with van der Waals surface area (Å²) in [6.07, 6.45) is 5.56. The van der Waals surface area contributed by atoms with Crippen molar-refractivity contribution in [3.05, 3.63) is 30.4 Å². The van der Waals surface area contributed by atoms with E-state index in [-0.39, 0.29) is 0 Å². The molecule has 0 aliphatic heterocycles. The van der Waals surface area contributed by atoms with Crippen LogP contribution in [-0.4, -0.2) is 19.7 Å². The Hall–Kier alpha value is -1.69. The van der Waals surface area contributed by atoms with Crippen molar-refractivity contribution >= 4 is 0 Å². The average molecular weight is 193 g/mol. The smallest absolute Gasteiger partial charge is 0.213 e. The SMILES string of the molecule is NCc1cncn1CCc1ncon1. The van der Waals surface area contributed by atoms with E-state index in [1.54, 1.807) is 12.5 Å². The first-order chi connectivity index (χ1) is 6.90. The van der Waals surface area contributed by atoms with Crippen molar-refractivity contribution in [2.24, 2.45) is 5.73 Å². The summed E-state index contributed by atoms with van der Waals surface area (Å²) in [6, 6.07) is 0. The molecule has 0 spiro atoms. The molecule has 0 aliphatic carbocycles. The van der Waals surface area contributed by atoms with Crippen molar-refractivity contribution in [1.29, 1.82) is 0 Å². The van der Waals surface area contributed by atoms with Crippen molar-refractivity contribution in [1.82, 2.24) is 19.7 Å². The molecule has 2 heterocycles. The number of hydrogen-bond acceptors (Lipinski definition) is 5. The van der Waals surface area contributed by atoms with Crippen LogP contribution < -0.4 is 5.73 Å². The molecule has 0 bridgehead atoms. The van der Waals surface area contributed by atoms with Gasteiger partial charge in [-0.15, -0.1) is 0 Å². The van der Waals surface area contributed by atoms with Crippen LogP contribution in [0.25, 0.3) is 0 Å². The van der Waals surface area contributed by atoms with E-state index in [9.17, 15) is 0 Å². The number of rotatable bonds is 4. The first-order valence-electron chi connectivity index (χ1n) is 4.34. The maximum atomic E-state index is 5.53. The topological polar surface area (TPSA) is 82.8 Å². The van der Waals surface area contributed by atoms with Crippen LogP contribution in [0.3, 0.4) is 0 Å². The van der Waals surface area contributed by atoms with E-state index < -0.39 is 0 Å². The second-order valence-corrected chi connectivity index (χ2v) is 2.88. The molecule has 0 aliphatic rings. The van der Waals surface area contributed by atoms with Gasteiger partial charge in [0.05, 0.1) is 12.0 Å². The molecule has 0 saturated heterocycles. The van der Waals surface area contributed by atoms with Gasteiger partial charge in [-0.05, 0) is 0 Å². The molecule has 0 fully saturated rings. The van der Waals surface area contributed by atoms with E-state index >= 15 is 0 Å². The second-order valence-electron chi connectivity index (χ2n) is 2.88. The lowest BCUT2D eigenvalue weighted by atomic mass is 10.4. The summed E-state index contributed by atoms with van der Waals surface area (Å²) < 4.78 is 6.61. The van der Waals surface area contributed by atoms with E-state index in [2.05, 4.69) is 19.6 Å². The van der Waals surface area contributed by atoms with Crippen LogP contribution in [0.2, 0.25) is 0 Å². The van der Waals surface area contributed by atoms with Gasteiger partial charge in [-0.2, -0.15) is 4.98 Å². The molecule has 2 aromatic rings. The van der Waals surface area contributed by atoms with Gasteiger partial charge >= 0.3 is 0 Å². The summed E-state index contributed by atoms with van der Waals surface area (Å²) in [6.45, 7) is 1.26. The summed E-state index contributed by atoms with van der Waals surface area (Å²) in [4.78, 5) is 7.94. The molecule has 0 aromatic carbocycles. The molecule has 0 unspecified atom stereocenters. The molecule has 0 radical (unpaired) electrons. The zero-order valence-corrected chi connectivity index (χ0v) is 7.63. The molecule has 6 heteroatoms. The lowest BCUT2D eigenvalue weighted by molar-refractivity contribution is 0.408. The normalized spacial score (nSPS) is 10.6. The van der Waals surface area contributed by atoms with Crippen LogP contribution in [-0.2, 0) is 19.5 Å². The Bertz CT molecular complexity index is 380. The monoisotopic (exact) mass is 193 g/mol. The van der Waals surface area contributed by atoms with Crippen molar-refractivity contribution in [3.63, 3.8) is 0 Å². The molecule has 6 nitrogen and oxygen atoms in total. The van der Waals surface area contributed by atoms with Crippen LogP contribution in [0.15, 0.2) is 23.4 Å². The Balaban J connectivity index is 1.98. The molecule has 0 saturated carbocycles. The number of aromatic nitrogens is 4. The minimum absolute atomic E-state index is 0.492. The van der Waals surface area contributed by atoms with Gasteiger partial charge in [-0.3, -0.25) is 0 Å². The standard InChI is InChI=1S/C8H11N5O/c9-3-7-4-10-5-13(7)2-1-8-11-6-14-12-8/h4-6H,1-3,9H2. The van der Waals surface area contributed by atoms with E-state index in [0.717, 1.165) is 18.7 Å². The van der Waals surface area contributed by atoms with E-state index in [1.165, 1.54) is 6.39 Å². The van der Waals surface area contributed by atoms with Crippen LogP contribution >= 0.6 is 0 Å². The summed E-state index contributed by atoms with van der Waals surface area (Å²) in [7, 11) is 0. The average Bonchev–Trinajstić information content (AvgIpc) is 2.85. The predicted octanol–water partition coefficient (Wildman–Crippen LogP) is -0.0325. The fourth-order valence-electron chi connectivity index (χ4n) is 1.24. The lowest BCUT2D eigenvalue weighted by Crippen LogP contribution is -2.08. The Morgan fingerprint density at radius 2 is 2.43 bits per heavy atom. The number of hydrogen-bond donors (Lipinski definition) is 1. The highest BCUT2D eigenvalue weighted by atomic mass is 16.5. The summed E-state index contributed by atoms with van der Waals surface area (Å²) in [5, 5.41) is 3.72. The van der Waals surface area contributed by atoms with Gasteiger partial charge in [0.1, 0.15) is 0 Å². The Kier molecular flexibility index (Phi) is 2.55. The highest BCUT2D eigenvalue weighted by Crippen LogP contribution is 2.00. The van der Waals surface area contributed by atoms with Crippen LogP contribution in [0.4, 0.5) is 0 Å². The molecule has 14 heavy (non-hydrogen) atoms. The zero-order chi connectivity index (χ0) is 9.80. The van der Waals surface area contributed by atoms with Gasteiger partial charge in [0, 0.05) is 25.7 Å². The number of nitrogens with zero attached hydrogens (tertiary/aromatic N) is 4. The number of aryl methyl sites for hydroxylation is 2. The van der Waals surface area contributed by atoms with Gasteiger partial charge in [-0.1, -0.05) is 5.16 Å². The van der Waals surface area contributed by atoms with Gasteiger partial charge in [0.25, 0.3) is 0 Å². The molecule has 74 valence electrons. The van der Waals surface area contributed by atoms with Gasteiger partial charge < -0.3 is 14.8 Å². The molecule has 2 rings (SSSR count). The van der Waals surface area contributed by atoms with Crippen LogP contribution in [0.5, 0.6) is 0 Å². The summed E-state index contributed by atoms with van der Waals surface area (Å²) in [5.74, 6) is 0.696. The fraction of sp³-hybridized carbons (Fsp3) is 0.375. The third-order valence-corrected chi connectivity index (χ3v) is 1.99. The third-order valence-electron chi connectivity index (χ3n) is 1.99. The lowest BCUT2D eigenvalue weighted by Gasteiger charge is -2.03. The molecule has 2 N–H and O–H groups in total. The number of nitrogens with two attached hydrogens (primary N) is 1. The Morgan fingerprint density at radius 3 is 3.14 bits per heavy atom. The summed E-state index contributed by atoms with van der Waals surface area (Å²) >= 11 is 0. The van der Waals surface area contributed by atoms with Gasteiger partial charge in [0.2, 0.25) is 6.39 Å². The van der Waals surface area contributed by atoms with Crippen molar-refractivity contribution in [3.8, 4) is 0 Å². The minimum atomic E-state index is 0.492. The zero-order valence-electron chi connectivity index (χ0n) is 7.63. The quantitative estimate of drug-likeness (QED) is 0.737. The highest BCUT2D eigenvalue weighted by molar-refractivity contribution is 4.97. The first-order valence-corrected chi connectivity index (χ1v) is 4.34. The van der Waals surface area contributed by atoms with Crippen LogP contribution in [0, 0.1) is 0 Å². The largest absolute Gasteiger partial charge is 0.343 e. The number of imidazole rings is 1. The highest BCUT2D eigenvalue weighted by Gasteiger charge is 2.02. The predicted molar refractivity (Wildman–Crippen MR) is 48.1 cm³/mol. The van der Waals surface area contributed by atoms with Gasteiger partial charge in [0.15, 0.2) is 5.82 Å². The molecular weight excluding hydrogens is 182 g/mol.